The van der Waals surface area contributed by atoms with E-state index in [1.165, 1.54) is 12.1 Å². The van der Waals surface area contributed by atoms with Crippen LogP contribution in [-0.4, -0.2) is 5.78 Å². The maximum absolute atomic E-state index is 12.5. The Balaban J connectivity index is 1.73. The normalized spacial score (nSPS) is 14.0. The smallest absolute Gasteiger partial charge is 0.416 e. The molecular weight excluding hydrogens is 293 g/mol. The van der Waals surface area contributed by atoms with Gasteiger partial charge in [0, 0.05) is 17.5 Å². The van der Waals surface area contributed by atoms with Gasteiger partial charge in [0.15, 0.2) is 5.78 Å². The van der Waals surface area contributed by atoms with E-state index >= 15 is 0 Å². The largest absolute Gasteiger partial charge is 0.489 e. The molecule has 114 valence electrons. The maximum atomic E-state index is 12.5. The highest BCUT2D eigenvalue weighted by molar-refractivity contribution is 6.01. The molecule has 2 aromatic rings. The number of hydrogen-bond donors (Lipinski definition) is 0. The molecule has 0 atom stereocenters. The summed E-state index contributed by atoms with van der Waals surface area (Å²) in [6.45, 7) is 0.169. The van der Waals surface area contributed by atoms with Crippen LogP contribution in [0.2, 0.25) is 0 Å². The van der Waals surface area contributed by atoms with Crippen molar-refractivity contribution in [1.82, 2.24) is 0 Å². The Bertz CT molecular complexity index is 703. The van der Waals surface area contributed by atoms with Crippen LogP contribution in [0.25, 0.3) is 0 Å². The van der Waals surface area contributed by atoms with E-state index in [4.69, 9.17) is 4.74 Å². The lowest BCUT2D eigenvalue weighted by atomic mass is 10.1. The van der Waals surface area contributed by atoms with Gasteiger partial charge in [-0.05, 0) is 30.2 Å². The van der Waals surface area contributed by atoms with Crippen LogP contribution in [0.4, 0.5) is 13.2 Å². The lowest BCUT2D eigenvalue weighted by Crippen LogP contribution is -2.05. The van der Waals surface area contributed by atoms with E-state index in [9.17, 15) is 18.0 Å². The quantitative estimate of drug-likeness (QED) is 0.839. The van der Waals surface area contributed by atoms with E-state index < -0.39 is 11.7 Å². The van der Waals surface area contributed by atoms with Crippen molar-refractivity contribution in [3.63, 3.8) is 0 Å². The molecule has 3 rings (SSSR count). The number of carbonyl (C=O) groups excluding carboxylic acids is 1. The van der Waals surface area contributed by atoms with Crippen molar-refractivity contribution in [3.05, 3.63) is 64.7 Å². The molecule has 0 unspecified atom stereocenters. The first-order valence-electron chi connectivity index (χ1n) is 6.89. The molecule has 0 fully saturated rings. The molecule has 0 aliphatic heterocycles. The number of ether oxygens (including phenoxy) is 1. The Hall–Kier alpha value is -2.30. The fourth-order valence-corrected chi connectivity index (χ4v) is 2.54. The summed E-state index contributed by atoms with van der Waals surface area (Å²) in [4.78, 5) is 11.7. The van der Waals surface area contributed by atoms with Gasteiger partial charge >= 0.3 is 6.18 Å². The van der Waals surface area contributed by atoms with Gasteiger partial charge in [-0.3, -0.25) is 4.79 Å². The zero-order valence-corrected chi connectivity index (χ0v) is 11.6. The van der Waals surface area contributed by atoms with Crippen LogP contribution in [0, 0.1) is 0 Å². The molecule has 0 amide bonds. The Morgan fingerprint density at radius 1 is 1.00 bits per heavy atom. The van der Waals surface area contributed by atoms with Gasteiger partial charge in [0.25, 0.3) is 0 Å². The second-order valence-corrected chi connectivity index (χ2v) is 5.19. The molecular formula is C17H13F3O2. The van der Waals surface area contributed by atoms with E-state index in [0.29, 0.717) is 29.7 Å². The van der Waals surface area contributed by atoms with E-state index in [1.807, 2.05) is 0 Å². The fourth-order valence-electron chi connectivity index (χ4n) is 2.54. The zero-order chi connectivity index (χ0) is 15.7. The summed E-state index contributed by atoms with van der Waals surface area (Å²) in [5.41, 5.74) is 1.54. The summed E-state index contributed by atoms with van der Waals surface area (Å²) in [5, 5.41) is 0. The average Bonchev–Trinajstić information content (AvgIpc) is 2.87. The van der Waals surface area contributed by atoms with Gasteiger partial charge in [-0.25, -0.2) is 0 Å². The number of alkyl halides is 3. The number of Topliss-reactive ketones (excluding diaryl/α,β-unsaturated/α-hetero) is 1. The number of fused-ring (bicyclic) bond motifs is 1. The van der Waals surface area contributed by atoms with E-state index in [2.05, 4.69) is 0 Å². The van der Waals surface area contributed by atoms with Crippen molar-refractivity contribution in [2.45, 2.75) is 25.6 Å². The van der Waals surface area contributed by atoms with Gasteiger partial charge in [-0.2, -0.15) is 13.2 Å². The minimum absolute atomic E-state index is 0.106. The van der Waals surface area contributed by atoms with Gasteiger partial charge < -0.3 is 4.74 Å². The molecule has 0 saturated carbocycles. The summed E-state index contributed by atoms with van der Waals surface area (Å²) in [6, 6.07) is 10.2. The predicted octanol–water partition coefficient (Wildman–Crippen LogP) is 4.41. The van der Waals surface area contributed by atoms with Crippen molar-refractivity contribution in [2.75, 3.05) is 0 Å². The molecule has 2 aromatic carbocycles. The summed E-state index contributed by atoms with van der Waals surface area (Å²) in [7, 11) is 0. The highest BCUT2D eigenvalue weighted by atomic mass is 19.4. The van der Waals surface area contributed by atoms with Crippen molar-refractivity contribution >= 4 is 5.78 Å². The van der Waals surface area contributed by atoms with E-state index in [0.717, 1.165) is 17.7 Å². The maximum Gasteiger partial charge on any atom is 0.416 e. The summed E-state index contributed by atoms with van der Waals surface area (Å²) in [5.74, 6) is 0.734. The standard InChI is InChI=1S/C17H13F3O2/c18-17(19,20)12-6-4-11(5-7-12)10-22-16-3-1-2-13-14(16)8-9-15(13)21/h1-7H,8-10H2. The second-order valence-electron chi connectivity index (χ2n) is 5.19. The molecule has 0 bridgehead atoms. The Kier molecular flexibility index (Phi) is 3.64. The first kappa shape index (κ1) is 14.6. The minimum Gasteiger partial charge on any atom is -0.489 e. The van der Waals surface area contributed by atoms with Gasteiger partial charge in [-0.1, -0.05) is 24.3 Å². The summed E-state index contributed by atoms with van der Waals surface area (Å²) >= 11 is 0. The lowest BCUT2D eigenvalue weighted by Gasteiger charge is -2.11. The van der Waals surface area contributed by atoms with Crippen LogP contribution in [0.3, 0.4) is 0 Å². The van der Waals surface area contributed by atoms with Gasteiger partial charge in [0.1, 0.15) is 12.4 Å². The fraction of sp³-hybridized carbons (Fsp3) is 0.235. The minimum atomic E-state index is -4.33. The monoisotopic (exact) mass is 306 g/mol. The van der Waals surface area contributed by atoms with Crippen LogP contribution in [0.15, 0.2) is 42.5 Å². The van der Waals surface area contributed by atoms with Crippen LogP contribution in [-0.2, 0) is 19.2 Å². The molecule has 0 heterocycles. The Morgan fingerprint density at radius 2 is 1.73 bits per heavy atom. The SMILES string of the molecule is O=C1CCc2c(OCc3ccc(C(F)(F)F)cc3)cccc21. The third-order valence-corrected chi connectivity index (χ3v) is 3.71. The van der Waals surface area contributed by atoms with Crippen LogP contribution >= 0.6 is 0 Å². The van der Waals surface area contributed by atoms with Crippen LogP contribution < -0.4 is 4.74 Å². The summed E-state index contributed by atoms with van der Waals surface area (Å²) in [6.07, 6.45) is -3.20. The lowest BCUT2D eigenvalue weighted by molar-refractivity contribution is -0.137. The average molecular weight is 306 g/mol. The Morgan fingerprint density at radius 3 is 2.41 bits per heavy atom. The highest BCUT2D eigenvalue weighted by Gasteiger charge is 2.30. The molecule has 1 aliphatic rings. The van der Waals surface area contributed by atoms with Crippen LogP contribution in [0.5, 0.6) is 5.75 Å². The van der Waals surface area contributed by atoms with Crippen LogP contribution in [0.1, 0.15) is 33.5 Å². The third-order valence-electron chi connectivity index (χ3n) is 3.71. The molecule has 1 aliphatic carbocycles. The first-order valence-corrected chi connectivity index (χ1v) is 6.89. The number of benzene rings is 2. The molecule has 0 aromatic heterocycles. The molecule has 5 heteroatoms. The number of ketones is 1. The zero-order valence-electron chi connectivity index (χ0n) is 11.6. The third kappa shape index (κ3) is 2.84. The predicted molar refractivity (Wildman–Crippen MR) is 74.9 cm³/mol. The van der Waals surface area contributed by atoms with Crippen molar-refractivity contribution in [2.24, 2.45) is 0 Å². The Labute approximate surface area is 125 Å². The highest BCUT2D eigenvalue weighted by Crippen LogP contribution is 2.32. The molecule has 0 radical (unpaired) electrons. The first-order chi connectivity index (χ1) is 10.4. The number of carbonyl (C=O) groups is 1. The van der Waals surface area contributed by atoms with Gasteiger partial charge in [0.05, 0.1) is 5.56 Å². The number of hydrogen-bond acceptors (Lipinski definition) is 2. The second kappa shape index (κ2) is 5.48. The van der Waals surface area contributed by atoms with E-state index in [-0.39, 0.29) is 12.4 Å². The number of rotatable bonds is 3. The molecule has 0 N–H and O–H groups in total. The molecule has 2 nitrogen and oxygen atoms in total. The molecule has 0 saturated heterocycles. The van der Waals surface area contributed by atoms with Gasteiger partial charge in [-0.15, -0.1) is 0 Å². The molecule has 0 spiro atoms. The topological polar surface area (TPSA) is 26.3 Å². The molecule has 22 heavy (non-hydrogen) atoms. The van der Waals surface area contributed by atoms with Crippen molar-refractivity contribution < 1.29 is 22.7 Å². The number of halogens is 3. The van der Waals surface area contributed by atoms with Gasteiger partial charge in [0.2, 0.25) is 0 Å². The van der Waals surface area contributed by atoms with Crippen molar-refractivity contribution in [3.8, 4) is 5.75 Å². The van der Waals surface area contributed by atoms with Crippen molar-refractivity contribution in [1.29, 1.82) is 0 Å². The van der Waals surface area contributed by atoms with E-state index in [1.54, 1.807) is 18.2 Å². The summed E-state index contributed by atoms with van der Waals surface area (Å²) < 4.78 is 43.2.